The molecule has 2 heterocycles. The number of fused-ring (bicyclic) bond motifs is 3. The lowest BCUT2D eigenvalue weighted by Gasteiger charge is -1.89. The third kappa shape index (κ3) is 1.01. The molecular formula is C10H9N2S2+. The predicted octanol–water partition coefficient (Wildman–Crippen LogP) is 2.82. The zero-order valence-corrected chi connectivity index (χ0v) is 9.36. The number of nitrogens with zero attached hydrogens (tertiary/aromatic N) is 2. The smallest absolute Gasteiger partial charge is 0.225 e. The standard InChI is InChI=1S/C10H9N2S2/c1-2-12-6-14-10-7(12)3-4-8-9(10)11-5-13-8/h3-6H,2H2,1H3/q+1. The molecular weight excluding hydrogens is 212 g/mol. The molecule has 0 radical (unpaired) electrons. The van der Waals surface area contributed by atoms with E-state index in [1.807, 2.05) is 5.51 Å². The molecule has 0 atom stereocenters. The van der Waals surface area contributed by atoms with Crippen molar-refractivity contribution in [1.82, 2.24) is 4.98 Å². The van der Waals surface area contributed by atoms with E-state index in [-0.39, 0.29) is 0 Å². The number of hydrogen-bond donors (Lipinski definition) is 0. The number of hydrogen-bond acceptors (Lipinski definition) is 3. The molecule has 3 aromatic rings. The highest BCUT2D eigenvalue weighted by Gasteiger charge is 2.13. The van der Waals surface area contributed by atoms with Gasteiger partial charge in [-0.3, -0.25) is 0 Å². The molecule has 0 aliphatic heterocycles. The fraction of sp³-hybridized carbons (Fsp3) is 0.200. The van der Waals surface area contributed by atoms with E-state index in [0.29, 0.717) is 0 Å². The molecule has 0 saturated heterocycles. The molecule has 0 amide bonds. The van der Waals surface area contributed by atoms with E-state index in [0.717, 1.165) is 12.1 Å². The maximum absolute atomic E-state index is 4.41. The van der Waals surface area contributed by atoms with E-state index in [1.165, 1.54) is 14.9 Å². The monoisotopic (exact) mass is 221 g/mol. The summed E-state index contributed by atoms with van der Waals surface area (Å²) in [5, 5.41) is 0. The van der Waals surface area contributed by atoms with Crippen molar-refractivity contribution in [3.63, 3.8) is 0 Å². The minimum Gasteiger partial charge on any atom is -0.243 e. The highest BCUT2D eigenvalue weighted by molar-refractivity contribution is 7.20. The zero-order valence-electron chi connectivity index (χ0n) is 7.73. The summed E-state index contributed by atoms with van der Waals surface area (Å²) in [6, 6.07) is 4.35. The summed E-state index contributed by atoms with van der Waals surface area (Å²) in [6.45, 7) is 3.19. The average Bonchev–Trinajstić information content (AvgIpc) is 2.82. The Hall–Kier alpha value is -1.00. The van der Waals surface area contributed by atoms with Crippen molar-refractivity contribution in [2.24, 2.45) is 0 Å². The minimum absolute atomic E-state index is 1.02. The van der Waals surface area contributed by atoms with Crippen LogP contribution in [-0.2, 0) is 6.54 Å². The van der Waals surface area contributed by atoms with Crippen LogP contribution in [0.1, 0.15) is 6.92 Å². The maximum Gasteiger partial charge on any atom is 0.225 e. The van der Waals surface area contributed by atoms with Crippen molar-refractivity contribution in [1.29, 1.82) is 0 Å². The third-order valence-corrected chi connectivity index (χ3v) is 4.18. The molecule has 70 valence electrons. The van der Waals surface area contributed by atoms with Crippen LogP contribution in [0.3, 0.4) is 0 Å². The lowest BCUT2D eigenvalue weighted by atomic mass is 10.3. The first-order valence-corrected chi connectivity index (χ1v) is 6.29. The summed E-state index contributed by atoms with van der Waals surface area (Å²) >= 11 is 3.49. The van der Waals surface area contributed by atoms with Gasteiger partial charge in [-0.25, -0.2) is 4.98 Å². The Labute approximate surface area is 89.5 Å². The number of aromatic nitrogens is 2. The van der Waals surface area contributed by atoms with Crippen LogP contribution in [0.5, 0.6) is 0 Å². The van der Waals surface area contributed by atoms with Crippen molar-refractivity contribution in [3.8, 4) is 0 Å². The topological polar surface area (TPSA) is 16.8 Å². The van der Waals surface area contributed by atoms with Crippen LogP contribution in [0.25, 0.3) is 20.4 Å². The van der Waals surface area contributed by atoms with Gasteiger partial charge in [-0.05, 0) is 13.0 Å². The van der Waals surface area contributed by atoms with E-state index in [2.05, 4.69) is 34.1 Å². The highest BCUT2D eigenvalue weighted by atomic mass is 32.1. The van der Waals surface area contributed by atoms with Gasteiger partial charge in [-0.2, -0.15) is 4.57 Å². The summed E-state index contributed by atoms with van der Waals surface area (Å²) in [6.07, 6.45) is 0. The summed E-state index contributed by atoms with van der Waals surface area (Å²) in [5.74, 6) is 0. The lowest BCUT2D eigenvalue weighted by Crippen LogP contribution is -2.29. The van der Waals surface area contributed by atoms with Crippen molar-refractivity contribution in [2.75, 3.05) is 0 Å². The molecule has 0 N–H and O–H groups in total. The van der Waals surface area contributed by atoms with E-state index in [4.69, 9.17) is 0 Å². The molecule has 0 aliphatic rings. The Morgan fingerprint density at radius 3 is 3.14 bits per heavy atom. The fourth-order valence-electron chi connectivity index (χ4n) is 1.66. The van der Waals surface area contributed by atoms with Gasteiger partial charge in [-0.1, -0.05) is 11.3 Å². The Balaban J connectivity index is 2.52. The van der Waals surface area contributed by atoms with Crippen LogP contribution in [0, 0.1) is 0 Å². The van der Waals surface area contributed by atoms with E-state index < -0.39 is 0 Å². The summed E-state index contributed by atoms with van der Waals surface area (Å²) in [4.78, 5) is 4.41. The van der Waals surface area contributed by atoms with Gasteiger partial charge in [0.2, 0.25) is 11.0 Å². The number of benzene rings is 1. The van der Waals surface area contributed by atoms with Crippen LogP contribution >= 0.6 is 22.7 Å². The first kappa shape index (κ1) is 8.32. The van der Waals surface area contributed by atoms with E-state index >= 15 is 0 Å². The number of thiazole rings is 2. The minimum atomic E-state index is 1.02. The Morgan fingerprint density at radius 2 is 2.29 bits per heavy atom. The number of aryl methyl sites for hydroxylation is 1. The molecule has 0 fully saturated rings. The average molecular weight is 221 g/mol. The van der Waals surface area contributed by atoms with Crippen LogP contribution in [0.2, 0.25) is 0 Å². The number of rotatable bonds is 1. The van der Waals surface area contributed by atoms with Gasteiger partial charge in [0.1, 0.15) is 16.8 Å². The van der Waals surface area contributed by atoms with Crippen LogP contribution < -0.4 is 4.57 Å². The van der Waals surface area contributed by atoms with Gasteiger partial charge in [-0.15, -0.1) is 11.3 Å². The second kappa shape index (κ2) is 3.00. The SMILES string of the molecule is CC[n+]1csc2c3ncsc3ccc21. The molecule has 1 aromatic carbocycles. The molecule has 2 aromatic heterocycles. The van der Waals surface area contributed by atoms with Gasteiger partial charge in [0.05, 0.1) is 10.2 Å². The van der Waals surface area contributed by atoms with Gasteiger partial charge in [0.15, 0.2) is 0 Å². The molecule has 0 spiro atoms. The van der Waals surface area contributed by atoms with Crippen molar-refractivity contribution < 1.29 is 4.57 Å². The first-order chi connectivity index (χ1) is 6.90. The van der Waals surface area contributed by atoms with Gasteiger partial charge < -0.3 is 0 Å². The lowest BCUT2D eigenvalue weighted by molar-refractivity contribution is -0.663. The molecule has 0 unspecified atom stereocenters. The predicted molar refractivity (Wildman–Crippen MR) is 60.9 cm³/mol. The van der Waals surface area contributed by atoms with Crippen LogP contribution in [-0.4, -0.2) is 4.98 Å². The molecule has 2 nitrogen and oxygen atoms in total. The van der Waals surface area contributed by atoms with Crippen molar-refractivity contribution >= 4 is 43.1 Å². The van der Waals surface area contributed by atoms with E-state index in [9.17, 15) is 0 Å². The summed E-state index contributed by atoms with van der Waals surface area (Å²) in [5.41, 5.74) is 6.55. The highest BCUT2D eigenvalue weighted by Crippen LogP contribution is 2.28. The third-order valence-electron chi connectivity index (χ3n) is 2.38. The zero-order chi connectivity index (χ0) is 9.54. The van der Waals surface area contributed by atoms with Crippen LogP contribution in [0.4, 0.5) is 0 Å². The van der Waals surface area contributed by atoms with Crippen molar-refractivity contribution in [3.05, 3.63) is 23.2 Å². The quantitative estimate of drug-likeness (QED) is 0.577. The molecule has 0 bridgehead atoms. The fourth-order valence-corrected chi connectivity index (χ4v) is 3.48. The molecule has 4 heteroatoms. The normalized spacial score (nSPS) is 11.5. The van der Waals surface area contributed by atoms with Gasteiger partial charge >= 0.3 is 0 Å². The van der Waals surface area contributed by atoms with Crippen molar-refractivity contribution in [2.45, 2.75) is 13.5 Å². The second-order valence-electron chi connectivity index (χ2n) is 3.12. The van der Waals surface area contributed by atoms with Gasteiger partial charge in [0, 0.05) is 6.07 Å². The Bertz CT molecular complexity index is 594. The maximum atomic E-state index is 4.41. The Morgan fingerprint density at radius 1 is 1.36 bits per heavy atom. The Kier molecular flexibility index (Phi) is 1.78. The van der Waals surface area contributed by atoms with Gasteiger partial charge in [0.25, 0.3) is 0 Å². The molecule has 3 rings (SSSR count). The van der Waals surface area contributed by atoms with E-state index in [1.54, 1.807) is 22.7 Å². The van der Waals surface area contributed by atoms with Crippen LogP contribution in [0.15, 0.2) is 23.2 Å². The summed E-state index contributed by atoms with van der Waals surface area (Å²) < 4.78 is 4.85. The largest absolute Gasteiger partial charge is 0.243 e. The molecule has 14 heavy (non-hydrogen) atoms. The molecule has 0 aliphatic carbocycles. The summed E-state index contributed by atoms with van der Waals surface area (Å²) in [7, 11) is 0. The first-order valence-electron chi connectivity index (χ1n) is 4.53. The molecule has 0 saturated carbocycles. The second-order valence-corrected chi connectivity index (χ2v) is 4.86.